The first kappa shape index (κ1) is 15.6. The Bertz CT molecular complexity index is 515. The Kier molecular flexibility index (Phi) is 6.51. The lowest BCUT2D eigenvalue weighted by Gasteiger charge is -2.03. The number of hydrogen-bond donors (Lipinski definition) is 0. The van der Waals surface area contributed by atoms with Crippen LogP contribution >= 0.6 is 0 Å². The number of hydrogen-bond acceptors (Lipinski definition) is 3. The number of benzene rings is 1. The molecule has 0 amide bonds. The van der Waals surface area contributed by atoms with Gasteiger partial charge in [-0.25, -0.2) is 8.42 Å². The van der Waals surface area contributed by atoms with E-state index in [2.05, 4.69) is 11.9 Å². The number of nitrogens with zero attached hydrogens (tertiary/aromatic N) is 2. The first-order valence-electron chi connectivity index (χ1n) is 6.78. The Labute approximate surface area is 115 Å². The summed E-state index contributed by atoms with van der Waals surface area (Å²) in [5.74, 6) is 0.189. The summed E-state index contributed by atoms with van der Waals surface area (Å²) in [6, 6.07) is 5.96. The second kappa shape index (κ2) is 7.90. The van der Waals surface area contributed by atoms with Gasteiger partial charge in [-0.15, -0.1) is 0 Å². The van der Waals surface area contributed by atoms with E-state index < -0.39 is 9.84 Å². The first-order chi connectivity index (χ1) is 9.10. The average Bonchev–Trinajstić information content (AvgIpc) is 2.43. The van der Waals surface area contributed by atoms with Crippen LogP contribution < -0.4 is 0 Å². The fraction of sp³-hybridized carbons (Fsp3) is 0.571. The van der Waals surface area contributed by atoms with E-state index in [1.165, 1.54) is 43.5 Å². The van der Waals surface area contributed by atoms with Gasteiger partial charge in [0.25, 0.3) is 0 Å². The number of rotatable bonds is 8. The van der Waals surface area contributed by atoms with Crippen molar-refractivity contribution in [1.82, 2.24) is 0 Å². The lowest BCUT2D eigenvalue weighted by atomic mass is 10.1. The Morgan fingerprint density at radius 2 is 1.58 bits per heavy atom. The van der Waals surface area contributed by atoms with Gasteiger partial charge in [-0.05, 0) is 18.6 Å². The maximum Gasteiger partial charge on any atom is 0.385 e. The fourth-order valence-electron chi connectivity index (χ4n) is 1.91. The molecule has 0 heterocycles. The van der Waals surface area contributed by atoms with Gasteiger partial charge in [0.15, 0.2) is 14.8 Å². The third-order valence-corrected chi connectivity index (χ3v) is 4.89. The van der Waals surface area contributed by atoms with Crippen molar-refractivity contribution in [3.05, 3.63) is 29.2 Å². The molecule has 0 atom stereocenters. The second-order valence-electron chi connectivity index (χ2n) is 4.68. The highest BCUT2D eigenvalue weighted by Crippen LogP contribution is 2.18. The van der Waals surface area contributed by atoms with Crippen LogP contribution in [0.1, 0.15) is 45.4 Å². The second-order valence-corrected chi connectivity index (χ2v) is 6.79. The molecule has 0 aromatic heterocycles. The van der Waals surface area contributed by atoms with Gasteiger partial charge in [0, 0.05) is 12.1 Å². The van der Waals surface area contributed by atoms with Crippen molar-refractivity contribution >= 4 is 15.5 Å². The van der Waals surface area contributed by atoms with Crippen LogP contribution in [-0.4, -0.2) is 14.2 Å². The van der Waals surface area contributed by atoms with E-state index in [9.17, 15) is 8.42 Å². The van der Waals surface area contributed by atoms with E-state index in [4.69, 9.17) is 5.39 Å². The van der Waals surface area contributed by atoms with E-state index in [0.29, 0.717) is 17.0 Å². The molecule has 0 N–H and O–H groups in total. The molecule has 0 aliphatic rings. The minimum Gasteiger partial charge on any atom is -0.224 e. The zero-order chi connectivity index (χ0) is 14.1. The number of sulfone groups is 1. The summed E-state index contributed by atoms with van der Waals surface area (Å²) in [6.45, 7) is 2.16. The third-order valence-electron chi connectivity index (χ3n) is 3.08. The molecule has 0 fully saturated rings. The molecule has 0 aliphatic carbocycles. The smallest absolute Gasteiger partial charge is 0.224 e. The third kappa shape index (κ3) is 5.39. The van der Waals surface area contributed by atoms with Gasteiger partial charge in [-0.3, -0.25) is 0 Å². The molecule has 0 unspecified atom stereocenters. The van der Waals surface area contributed by atoms with Crippen LogP contribution in [0.15, 0.2) is 29.2 Å². The van der Waals surface area contributed by atoms with Crippen LogP contribution in [0.4, 0.5) is 5.69 Å². The molecule has 4 nitrogen and oxygen atoms in total. The Morgan fingerprint density at radius 3 is 2.16 bits per heavy atom. The van der Waals surface area contributed by atoms with Crippen molar-refractivity contribution in [2.45, 2.75) is 50.3 Å². The summed E-state index contributed by atoms with van der Waals surface area (Å²) < 4.78 is 24.1. The van der Waals surface area contributed by atoms with Crippen LogP contribution in [0.5, 0.6) is 0 Å². The standard InChI is InChI=1S/C14H21N2O2S/c1-2-3-4-5-6-7-12-19(17,18)14-10-8-13(16-15)9-11-14/h8-11H,2-7,12H2,1H3/q+1. The van der Waals surface area contributed by atoms with Gasteiger partial charge in [-0.1, -0.05) is 39.0 Å². The molecule has 1 rings (SSSR count). The highest BCUT2D eigenvalue weighted by atomic mass is 32.2. The Hall–Kier alpha value is -1.41. The predicted molar refractivity (Wildman–Crippen MR) is 76.6 cm³/mol. The molecule has 0 saturated carbocycles. The number of diazo groups is 1. The monoisotopic (exact) mass is 281 g/mol. The average molecular weight is 281 g/mol. The van der Waals surface area contributed by atoms with E-state index in [0.717, 1.165) is 12.8 Å². The van der Waals surface area contributed by atoms with Crippen molar-refractivity contribution in [2.75, 3.05) is 5.75 Å². The minimum atomic E-state index is -3.20. The van der Waals surface area contributed by atoms with Gasteiger partial charge >= 0.3 is 5.69 Å². The first-order valence-corrected chi connectivity index (χ1v) is 8.43. The van der Waals surface area contributed by atoms with Crippen molar-refractivity contribution in [2.24, 2.45) is 0 Å². The molecule has 0 aliphatic heterocycles. The fourth-order valence-corrected chi connectivity index (χ4v) is 3.28. The summed E-state index contributed by atoms with van der Waals surface area (Å²) in [6.07, 6.45) is 6.37. The molecule has 1 aromatic carbocycles. The van der Waals surface area contributed by atoms with Gasteiger partial charge < -0.3 is 0 Å². The minimum absolute atomic E-state index is 0.189. The highest BCUT2D eigenvalue weighted by molar-refractivity contribution is 7.91. The number of unbranched alkanes of at least 4 members (excludes halogenated alkanes) is 5. The largest absolute Gasteiger partial charge is 0.385 e. The SMILES string of the molecule is CCCCCCCCS(=O)(=O)c1ccc([N+]#N)cc1. The van der Waals surface area contributed by atoms with Gasteiger partial charge in [-0.2, -0.15) is 0 Å². The molecule has 104 valence electrons. The van der Waals surface area contributed by atoms with Crippen molar-refractivity contribution in [3.63, 3.8) is 0 Å². The molecule has 1 aromatic rings. The lowest BCUT2D eigenvalue weighted by molar-refractivity contribution is 0.583. The van der Waals surface area contributed by atoms with Crippen molar-refractivity contribution in [1.29, 1.82) is 5.39 Å². The normalized spacial score (nSPS) is 11.2. The topological polar surface area (TPSA) is 62.3 Å². The van der Waals surface area contributed by atoms with E-state index in [1.807, 2.05) is 0 Å². The maximum atomic E-state index is 12.0. The summed E-state index contributed by atoms with van der Waals surface area (Å²) in [4.78, 5) is 3.30. The molecule has 0 saturated heterocycles. The van der Waals surface area contributed by atoms with E-state index >= 15 is 0 Å². The summed E-state index contributed by atoms with van der Waals surface area (Å²) >= 11 is 0. The molecule has 5 heteroatoms. The summed E-state index contributed by atoms with van der Waals surface area (Å²) in [7, 11) is -3.20. The summed E-state index contributed by atoms with van der Waals surface area (Å²) in [5, 5.41) is 8.55. The zero-order valence-electron chi connectivity index (χ0n) is 11.4. The van der Waals surface area contributed by atoms with Gasteiger partial charge in [0.1, 0.15) is 0 Å². The van der Waals surface area contributed by atoms with Crippen molar-refractivity contribution < 1.29 is 8.42 Å². The van der Waals surface area contributed by atoms with Crippen LogP contribution in [0.3, 0.4) is 0 Å². The van der Waals surface area contributed by atoms with Crippen LogP contribution in [0.2, 0.25) is 0 Å². The van der Waals surface area contributed by atoms with Crippen LogP contribution in [0, 0.1) is 5.39 Å². The van der Waals surface area contributed by atoms with E-state index in [-0.39, 0.29) is 5.75 Å². The molecule has 0 bridgehead atoms. The van der Waals surface area contributed by atoms with Crippen LogP contribution in [0.25, 0.3) is 4.98 Å². The Balaban J connectivity index is 2.45. The van der Waals surface area contributed by atoms with Crippen LogP contribution in [-0.2, 0) is 9.84 Å². The van der Waals surface area contributed by atoms with Gasteiger partial charge in [0.2, 0.25) is 5.39 Å². The molecule has 0 spiro atoms. The molecular weight excluding hydrogens is 260 g/mol. The lowest BCUT2D eigenvalue weighted by Crippen LogP contribution is -2.06. The Morgan fingerprint density at radius 1 is 1.00 bits per heavy atom. The van der Waals surface area contributed by atoms with E-state index in [1.54, 1.807) is 0 Å². The molecule has 0 radical (unpaired) electrons. The molecule has 19 heavy (non-hydrogen) atoms. The van der Waals surface area contributed by atoms with Gasteiger partial charge in [0.05, 0.1) is 10.6 Å². The van der Waals surface area contributed by atoms with Crippen molar-refractivity contribution in [3.8, 4) is 0 Å². The maximum absolute atomic E-state index is 12.0. The zero-order valence-corrected chi connectivity index (χ0v) is 12.2. The molecular formula is C14H21N2O2S+. The highest BCUT2D eigenvalue weighted by Gasteiger charge is 2.15. The quantitative estimate of drug-likeness (QED) is 0.527. The predicted octanol–water partition coefficient (Wildman–Crippen LogP) is 4.31. The summed E-state index contributed by atoms with van der Waals surface area (Å²) in [5.41, 5.74) is 0.360.